The number of thioether (sulfide) groups is 1. The van der Waals surface area contributed by atoms with Gasteiger partial charge in [0.15, 0.2) is 5.16 Å². The lowest BCUT2D eigenvalue weighted by atomic mass is 10.2. The Balaban J connectivity index is 1.67. The molecule has 164 valence electrons. The number of para-hydroxylation sites is 1. The molecule has 4 aromatic rings. The molecule has 0 saturated heterocycles. The topological polar surface area (TPSA) is 91.0 Å². The third kappa shape index (κ3) is 4.38. The Bertz CT molecular complexity index is 1330. The van der Waals surface area contributed by atoms with Gasteiger partial charge in [0.05, 0.1) is 35.6 Å². The molecule has 2 aromatic heterocycles. The molecule has 4 rings (SSSR count). The molecule has 2 heterocycles. The summed E-state index contributed by atoms with van der Waals surface area (Å²) in [6.07, 6.45) is 1.65. The Labute approximate surface area is 189 Å². The second-order valence-corrected chi connectivity index (χ2v) is 8.29. The van der Waals surface area contributed by atoms with E-state index in [0.29, 0.717) is 33.3 Å². The first-order valence-electron chi connectivity index (χ1n) is 10.1. The van der Waals surface area contributed by atoms with Gasteiger partial charge >= 0.3 is 0 Å². The lowest BCUT2D eigenvalue weighted by molar-refractivity contribution is -0.113. The predicted molar refractivity (Wildman–Crippen MR) is 126 cm³/mol. The molecule has 0 bridgehead atoms. The number of hydrogen-bond donors (Lipinski definition) is 1. The maximum atomic E-state index is 13.3. The van der Waals surface area contributed by atoms with Crippen molar-refractivity contribution < 1.29 is 9.53 Å². The molecule has 0 aliphatic heterocycles. The van der Waals surface area contributed by atoms with E-state index in [4.69, 9.17) is 4.74 Å². The van der Waals surface area contributed by atoms with E-state index < -0.39 is 0 Å². The standard InChI is InChI=1S/C23H23N5O3S/c1-15(2)28-20(11-12-24-28)26-21(29)14-32-23-25-19-10-5-4-9-18(19)22(30)27(23)16-7-6-8-17(13-16)31-3/h4-13,15H,14H2,1-3H3,(H,26,29). The summed E-state index contributed by atoms with van der Waals surface area (Å²) in [5.41, 5.74) is 0.996. The van der Waals surface area contributed by atoms with Crippen LogP contribution in [0.2, 0.25) is 0 Å². The van der Waals surface area contributed by atoms with Crippen molar-refractivity contribution in [3.05, 3.63) is 71.1 Å². The average molecular weight is 450 g/mol. The van der Waals surface area contributed by atoms with Crippen LogP contribution in [0.25, 0.3) is 16.6 Å². The van der Waals surface area contributed by atoms with Gasteiger partial charge in [0.25, 0.3) is 5.56 Å². The molecule has 9 heteroatoms. The fourth-order valence-electron chi connectivity index (χ4n) is 3.32. The largest absolute Gasteiger partial charge is 0.497 e. The summed E-state index contributed by atoms with van der Waals surface area (Å²) in [5, 5.41) is 8.04. The van der Waals surface area contributed by atoms with Crippen LogP contribution in [0.3, 0.4) is 0 Å². The van der Waals surface area contributed by atoms with E-state index in [1.54, 1.807) is 54.4 Å². The summed E-state index contributed by atoms with van der Waals surface area (Å²) in [7, 11) is 1.57. The van der Waals surface area contributed by atoms with Crippen molar-refractivity contribution in [2.75, 3.05) is 18.2 Å². The van der Waals surface area contributed by atoms with Crippen molar-refractivity contribution in [2.45, 2.75) is 25.0 Å². The average Bonchev–Trinajstić information content (AvgIpc) is 3.26. The Morgan fingerprint density at radius 1 is 1.16 bits per heavy atom. The van der Waals surface area contributed by atoms with Crippen molar-refractivity contribution in [2.24, 2.45) is 0 Å². The van der Waals surface area contributed by atoms with Crippen LogP contribution in [0.5, 0.6) is 5.75 Å². The number of amides is 1. The highest BCUT2D eigenvalue weighted by atomic mass is 32.2. The molecule has 0 aliphatic rings. The molecule has 0 atom stereocenters. The van der Waals surface area contributed by atoms with Crippen LogP contribution in [0.1, 0.15) is 19.9 Å². The van der Waals surface area contributed by atoms with Crippen LogP contribution in [-0.4, -0.2) is 38.1 Å². The van der Waals surface area contributed by atoms with Crippen molar-refractivity contribution in [1.82, 2.24) is 19.3 Å². The van der Waals surface area contributed by atoms with Crippen molar-refractivity contribution in [1.29, 1.82) is 0 Å². The predicted octanol–water partition coefficient (Wildman–Crippen LogP) is 3.90. The lowest BCUT2D eigenvalue weighted by Crippen LogP contribution is -2.23. The van der Waals surface area contributed by atoms with Crippen LogP contribution >= 0.6 is 11.8 Å². The Kier molecular flexibility index (Phi) is 6.27. The summed E-state index contributed by atoms with van der Waals surface area (Å²) in [5.74, 6) is 1.12. The zero-order valence-corrected chi connectivity index (χ0v) is 18.8. The highest BCUT2D eigenvalue weighted by Crippen LogP contribution is 2.24. The van der Waals surface area contributed by atoms with Crippen LogP contribution in [0, 0.1) is 0 Å². The number of benzene rings is 2. The monoisotopic (exact) mass is 449 g/mol. The van der Waals surface area contributed by atoms with E-state index in [0.717, 1.165) is 0 Å². The zero-order valence-electron chi connectivity index (χ0n) is 18.0. The first-order valence-corrected chi connectivity index (χ1v) is 11.1. The number of anilines is 1. The molecule has 1 N–H and O–H groups in total. The highest BCUT2D eigenvalue weighted by molar-refractivity contribution is 7.99. The molecule has 32 heavy (non-hydrogen) atoms. The first-order chi connectivity index (χ1) is 15.5. The Morgan fingerprint density at radius 2 is 1.97 bits per heavy atom. The lowest BCUT2D eigenvalue weighted by Gasteiger charge is -2.14. The van der Waals surface area contributed by atoms with Gasteiger partial charge in [-0.15, -0.1) is 0 Å². The fourth-order valence-corrected chi connectivity index (χ4v) is 4.13. The molecule has 1 amide bonds. The van der Waals surface area contributed by atoms with Crippen LogP contribution < -0.4 is 15.6 Å². The molecule has 0 fully saturated rings. The van der Waals surface area contributed by atoms with E-state index in [1.165, 1.54) is 16.3 Å². The Hall–Kier alpha value is -3.59. The van der Waals surface area contributed by atoms with Gasteiger partial charge in [-0.05, 0) is 38.1 Å². The number of carbonyl (C=O) groups excluding carboxylic acids is 1. The van der Waals surface area contributed by atoms with Gasteiger partial charge in [-0.3, -0.25) is 14.2 Å². The summed E-state index contributed by atoms with van der Waals surface area (Å²) in [6.45, 7) is 3.98. The second kappa shape index (κ2) is 9.27. The zero-order chi connectivity index (χ0) is 22.7. The summed E-state index contributed by atoms with van der Waals surface area (Å²) in [6, 6.07) is 16.2. The molecule has 0 aliphatic carbocycles. The minimum atomic E-state index is -0.211. The van der Waals surface area contributed by atoms with Gasteiger partial charge in [-0.2, -0.15) is 5.10 Å². The van der Waals surface area contributed by atoms with E-state index in [2.05, 4.69) is 15.4 Å². The number of aromatic nitrogens is 4. The highest BCUT2D eigenvalue weighted by Gasteiger charge is 2.16. The van der Waals surface area contributed by atoms with E-state index in [9.17, 15) is 9.59 Å². The minimum Gasteiger partial charge on any atom is -0.497 e. The smallest absolute Gasteiger partial charge is 0.266 e. The number of nitrogens with zero attached hydrogens (tertiary/aromatic N) is 4. The SMILES string of the molecule is COc1cccc(-n2c(SCC(=O)Nc3ccnn3C(C)C)nc3ccccc3c2=O)c1. The number of fused-ring (bicyclic) bond motifs is 1. The summed E-state index contributed by atoms with van der Waals surface area (Å²) < 4.78 is 8.57. The van der Waals surface area contributed by atoms with Crippen LogP contribution in [-0.2, 0) is 4.79 Å². The van der Waals surface area contributed by atoms with Gasteiger partial charge in [0.1, 0.15) is 11.6 Å². The maximum absolute atomic E-state index is 13.3. The van der Waals surface area contributed by atoms with Crippen LogP contribution in [0.4, 0.5) is 5.82 Å². The number of hydrogen-bond acceptors (Lipinski definition) is 6. The summed E-state index contributed by atoms with van der Waals surface area (Å²) in [4.78, 5) is 30.6. The van der Waals surface area contributed by atoms with Crippen molar-refractivity contribution in [3.8, 4) is 11.4 Å². The van der Waals surface area contributed by atoms with Gasteiger partial charge in [0.2, 0.25) is 5.91 Å². The molecule has 0 spiro atoms. The molecule has 0 unspecified atom stereocenters. The van der Waals surface area contributed by atoms with E-state index in [1.807, 2.05) is 32.0 Å². The van der Waals surface area contributed by atoms with Gasteiger partial charge in [0, 0.05) is 18.2 Å². The quantitative estimate of drug-likeness (QED) is 0.340. The van der Waals surface area contributed by atoms with E-state index in [-0.39, 0.29) is 23.3 Å². The number of nitrogens with one attached hydrogen (secondary N) is 1. The number of methoxy groups -OCH3 is 1. The minimum absolute atomic E-state index is 0.0814. The maximum Gasteiger partial charge on any atom is 0.266 e. The summed E-state index contributed by atoms with van der Waals surface area (Å²) >= 11 is 1.20. The van der Waals surface area contributed by atoms with Crippen molar-refractivity contribution in [3.63, 3.8) is 0 Å². The van der Waals surface area contributed by atoms with E-state index >= 15 is 0 Å². The third-order valence-corrected chi connectivity index (χ3v) is 5.75. The molecule has 8 nitrogen and oxygen atoms in total. The second-order valence-electron chi connectivity index (χ2n) is 7.35. The number of carbonyl (C=O) groups is 1. The van der Waals surface area contributed by atoms with Gasteiger partial charge < -0.3 is 10.1 Å². The molecule has 2 aromatic carbocycles. The van der Waals surface area contributed by atoms with Gasteiger partial charge in [-0.1, -0.05) is 30.0 Å². The number of rotatable bonds is 7. The van der Waals surface area contributed by atoms with Crippen LogP contribution in [0.15, 0.2) is 70.7 Å². The molecular weight excluding hydrogens is 426 g/mol. The molecule has 0 radical (unpaired) electrons. The Morgan fingerprint density at radius 3 is 2.75 bits per heavy atom. The van der Waals surface area contributed by atoms with Gasteiger partial charge in [-0.25, -0.2) is 9.67 Å². The third-order valence-electron chi connectivity index (χ3n) is 4.82. The fraction of sp³-hybridized carbons (Fsp3) is 0.217. The first kappa shape index (κ1) is 21.6. The van der Waals surface area contributed by atoms with Crippen molar-refractivity contribution >= 4 is 34.4 Å². The number of ether oxygens (including phenoxy) is 1. The normalized spacial score (nSPS) is 11.1. The molecule has 0 saturated carbocycles. The molecular formula is C23H23N5O3S.